The van der Waals surface area contributed by atoms with Crippen molar-refractivity contribution < 1.29 is 14.3 Å². The highest BCUT2D eigenvalue weighted by atomic mass is 16.5. The van der Waals surface area contributed by atoms with E-state index < -0.39 is 11.4 Å². The summed E-state index contributed by atoms with van der Waals surface area (Å²) in [6.45, 7) is 3.76. The number of aryl methyl sites for hydroxylation is 1. The van der Waals surface area contributed by atoms with E-state index in [4.69, 9.17) is 4.74 Å². The van der Waals surface area contributed by atoms with Crippen LogP contribution >= 0.6 is 0 Å². The number of hydrogen-bond acceptors (Lipinski definition) is 3. The number of amides is 1. The second-order valence-electron chi connectivity index (χ2n) is 7.01. The van der Waals surface area contributed by atoms with Gasteiger partial charge in [-0.15, -0.1) is 0 Å². The van der Waals surface area contributed by atoms with Crippen LogP contribution in [0.15, 0.2) is 24.3 Å². The predicted octanol–water partition coefficient (Wildman–Crippen LogP) is 3.39. The van der Waals surface area contributed by atoms with Crippen LogP contribution in [0.1, 0.15) is 56.2 Å². The fourth-order valence-corrected chi connectivity index (χ4v) is 4.10. The molecule has 0 unspecified atom stereocenters. The Kier molecular flexibility index (Phi) is 4.17. The molecule has 1 aliphatic heterocycles. The van der Waals surface area contributed by atoms with Gasteiger partial charge < -0.3 is 9.64 Å². The van der Waals surface area contributed by atoms with E-state index in [1.54, 1.807) is 6.92 Å². The van der Waals surface area contributed by atoms with Crippen molar-refractivity contribution in [1.29, 1.82) is 0 Å². The summed E-state index contributed by atoms with van der Waals surface area (Å²) in [7, 11) is 1.36. The van der Waals surface area contributed by atoms with E-state index in [1.165, 1.54) is 19.1 Å². The number of methoxy groups -OCH3 is 1. The number of ether oxygens (including phenoxy) is 1. The summed E-state index contributed by atoms with van der Waals surface area (Å²) in [6.07, 6.45) is 5.62. The van der Waals surface area contributed by atoms with Crippen molar-refractivity contribution in [2.24, 2.45) is 5.41 Å². The molecule has 1 saturated heterocycles. The van der Waals surface area contributed by atoms with Gasteiger partial charge in [-0.25, -0.2) is 0 Å². The first kappa shape index (κ1) is 16.0. The van der Waals surface area contributed by atoms with Crippen molar-refractivity contribution in [2.75, 3.05) is 7.11 Å². The minimum absolute atomic E-state index is 0.0816. The van der Waals surface area contributed by atoms with Gasteiger partial charge in [-0.2, -0.15) is 0 Å². The van der Waals surface area contributed by atoms with E-state index in [-0.39, 0.29) is 18.0 Å². The molecule has 1 aromatic rings. The lowest BCUT2D eigenvalue weighted by molar-refractivity contribution is -0.192. The van der Waals surface area contributed by atoms with Crippen LogP contribution in [0.4, 0.5) is 0 Å². The second kappa shape index (κ2) is 5.99. The van der Waals surface area contributed by atoms with Gasteiger partial charge in [0.05, 0.1) is 13.2 Å². The second-order valence-corrected chi connectivity index (χ2v) is 7.01. The summed E-state index contributed by atoms with van der Waals surface area (Å²) in [5.74, 6) is -0.512. The van der Waals surface area contributed by atoms with Crippen molar-refractivity contribution in [3.05, 3.63) is 35.4 Å². The SMILES string of the molecule is COC(=O)[C@@]1(C)C(=O)N(C2CCCCC2)[C@H]1c1ccc(C)cc1. The highest BCUT2D eigenvalue weighted by Crippen LogP contribution is 2.53. The van der Waals surface area contributed by atoms with Gasteiger partial charge in [0, 0.05) is 6.04 Å². The molecular formula is C19H25NO3. The first-order valence-corrected chi connectivity index (χ1v) is 8.48. The molecule has 4 heteroatoms. The summed E-state index contributed by atoms with van der Waals surface area (Å²) < 4.78 is 4.95. The molecular weight excluding hydrogens is 290 g/mol. The third kappa shape index (κ3) is 2.44. The number of carbonyl (C=O) groups excluding carboxylic acids is 2. The molecule has 2 atom stereocenters. The maximum Gasteiger partial charge on any atom is 0.323 e. The molecule has 0 aromatic heterocycles. The van der Waals surface area contributed by atoms with E-state index in [0.717, 1.165) is 31.2 Å². The lowest BCUT2D eigenvalue weighted by Gasteiger charge is -2.56. The lowest BCUT2D eigenvalue weighted by atomic mass is 9.67. The van der Waals surface area contributed by atoms with Crippen molar-refractivity contribution in [1.82, 2.24) is 4.90 Å². The predicted molar refractivity (Wildman–Crippen MR) is 87.8 cm³/mol. The third-order valence-corrected chi connectivity index (χ3v) is 5.47. The fourth-order valence-electron chi connectivity index (χ4n) is 4.10. The molecule has 23 heavy (non-hydrogen) atoms. The molecule has 1 aliphatic carbocycles. The molecule has 1 heterocycles. The first-order valence-electron chi connectivity index (χ1n) is 8.48. The fraction of sp³-hybridized carbons (Fsp3) is 0.579. The third-order valence-electron chi connectivity index (χ3n) is 5.47. The number of hydrogen-bond donors (Lipinski definition) is 0. The van der Waals surface area contributed by atoms with Gasteiger partial charge in [-0.3, -0.25) is 9.59 Å². The molecule has 2 aliphatic rings. The van der Waals surface area contributed by atoms with Crippen molar-refractivity contribution in [3.63, 3.8) is 0 Å². The lowest BCUT2D eigenvalue weighted by Crippen LogP contribution is -2.68. The maximum atomic E-state index is 12.9. The minimum Gasteiger partial charge on any atom is -0.468 e. The molecule has 1 amide bonds. The summed E-state index contributed by atoms with van der Waals surface area (Å²) in [5.41, 5.74) is 1.10. The van der Waals surface area contributed by atoms with Crippen LogP contribution in [0.3, 0.4) is 0 Å². The Morgan fingerprint density at radius 3 is 2.35 bits per heavy atom. The Morgan fingerprint density at radius 2 is 1.78 bits per heavy atom. The van der Waals surface area contributed by atoms with Gasteiger partial charge in [-0.05, 0) is 32.3 Å². The highest BCUT2D eigenvalue weighted by molar-refractivity contribution is 6.08. The summed E-state index contributed by atoms with van der Waals surface area (Å²) >= 11 is 0. The van der Waals surface area contributed by atoms with E-state index >= 15 is 0 Å². The van der Waals surface area contributed by atoms with E-state index in [2.05, 4.69) is 0 Å². The molecule has 1 saturated carbocycles. The van der Waals surface area contributed by atoms with Crippen LogP contribution in [-0.4, -0.2) is 29.9 Å². The zero-order valence-corrected chi connectivity index (χ0v) is 14.2. The number of likely N-dealkylation sites (tertiary alicyclic amines) is 1. The van der Waals surface area contributed by atoms with Crippen LogP contribution in [0.25, 0.3) is 0 Å². The first-order chi connectivity index (χ1) is 11.0. The molecule has 3 rings (SSSR count). The largest absolute Gasteiger partial charge is 0.468 e. The topological polar surface area (TPSA) is 46.6 Å². The molecule has 2 fully saturated rings. The molecule has 0 radical (unpaired) electrons. The highest BCUT2D eigenvalue weighted by Gasteiger charge is 2.65. The van der Waals surface area contributed by atoms with Crippen LogP contribution in [0, 0.1) is 12.3 Å². The summed E-state index contributed by atoms with van der Waals surface area (Å²) in [5, 5.41) is 0. The van der Waals surface area contributed by atoms with Crippen LogP contribution < -0.4 is 0 Å². The quantitative estimate of drug-likeness (QED) is 0.488. The number of benzene rings is 1. The normalized spacial score (nSPS) is 28.4. The van der Waals surface area contributed by atoms with E-state index in [9.17, 15) is 9.59 Å². The van der Waals surface area contributed by atoms with Gasteiger partial charge in [0.1, 0.15) is 0 Å². The van der Waals surface area contributed by atoms with Gasteiger partial charge in [-0.1, -0.05) is 49.1 Å². The maximum absolute atomic E-state index is 12.9. The van der Waals surface area contributed by atoms with Gasteiger partial charge in [0.2, 0.25) is 5.91 Å². The van der Waals surface area contributed by atoms with Crippen molar-refractivity contribution >= 4 is 11.9 Å². The molecule has 1 aromatic carbocycles. The number of β-lactam (4-membered cyclic amide) rings is 1. The monoisotopic (exact) mass is 315 g/mol. The Balaban J connectivity index is 1.97. The molecule has 4 nitrogen and oxygen atoms in total. The van der Waals surface area contributed by atoms with Crippen LogP contribution in [0.2, 0.25) is 0 Å². The zero-order chi connectivity index (χ0) is 16.6. The van der Waals surface area contributed by atoms with Crippen molar-refractivity contribution in [3.8, 4) is 0 Å². The average Bonchev–Trinajstić information content (AvgIpc) is 2.59. The van der Waals surface area contributed by atoms with Crippen molar-refractivity contribution in [2.45, 2.75) is 58.0 Å². The Bertz CT molecular complexity index is 604. The van der Waals surface area contributed by atoms with E-state index in [0.29, 0.717) is 0 Å². The Labute approximate surface area is 137 Å². The Hall–Kier alpha value is -1.84. The zero-order valence-electron chi connectivity index (χ0n) is 14.2. The molecule has 124 valence electrons. The smallest absolute Gasteiger partial charge is 0.323 e. The van der Waals surface area contributed by atoms with E-state index in [1.807, 2.05) is 36.1 Å². The number of nitrogens with zero attached hydrogens (tertiary/aromatic N) is 1. The average molecular weight is 315 g/mol. The minimum atomic E-state index is -1.10. The number of esters is 1. The molecule has 0 N–H and O–H groups in total. The summed E-state index contributed by atoms with van der Waals surface area (Å²) in [4.78, 5) is 27.1. The van der Waals surface area contributed by atoms with Gasteiger partial charge in [0.25, 0.3) is 0 Å². The number of rotatable bonds is 3. The Morgan fingerprint density at radius 1 is 1.17 bits per heavy atom. The molecule has 0 spiro atoms. The summed E-state index contributed by atoms with van der Waals surface area (Å²) in [6, 6.07) is 8.17. The standard InChI is InChI=1S/C19H25NO3/c1-13-9-11-14(12-10-13)16-19(2,18(22)23-3)17(21)20(16)15-7-5-4-6-8-15/h9-12,15-16H,4-8H2,1-3H3/t16-,19+/m0/s1. The van der Waals surface area contributed by atoms with Gasteiger partial charge >= 0.3 is 5.97 Å². The molecule has 0 bridgehead atoms. The van der Waals surface area contributed by atoms with Gasteiger partial charge in [0.15, 0.2) is 5.41 Å². The van der Waals surface area contributed by atoms with Crippen LogP contribution in [0.5, 0.6) is 0 Å². The van der Waals surface area contributed by atoms with Crippen LogP contribution in [-0.2, 0) is 14.3 Å². The number of carbonyl (C=O) groups is 2.